The van der Waals surface area contributed by atoms with E-state index in [9.17, 15) is 4.79 Å². The van der Waals surface area contributed by atoms with Gasteiger partial charge in [0.15, 0.2) is 0 Å². The highest BCUT2D eigenvalue weighted by Gasteiger charge is 2.18. The molecular formula is C21H20N4OS. The molecule has 0 radical (unpaired) electrons. The van der Waals surface area contributed by atoms with E-state index in [1.165, 1.54) is 17.1 Å². The lowest BCUT2D eigenvalue weighted by Crippen LogP contribution is -2.23. The van der Waals surface area contributed by atoms with Crippen molar-refractivity contribution in [2.75, 3.05) is 0 Å². The molecule has 0 unspecified atom stereocenters. The molecule has 27 heavy (non-hydrogen) atoms. The van der Waals surface area contributed by atoms with Crippen LogP contribution in [-0.4, -0.2) is 20.1 Å². The first-order valence-electron chi connectivity index (χ1n) is 8.90. The highest BCUT2D eigenvalue weighted by atomic mass is 32.1. The largest absolute Gasteiger partial charge is 0.348 e. The first kappa shape index (κ1) is 17.4. The van der Waals surface area contributed by atoms with E-state index in [0.29, 0.717) is 12.1 Å². The van der Waals surface area contributed by atoms with Gasteiger partial charge < -0.3 is 5.32 Å². The fourth-order valence-electron chi connectivity index (χ4n) is 3.21. The van der Waals surface area contributed by atoms with Gasteiger partial charge in [-0.25, -0.2) is 4.37 Å². The van der Waals surface area contributed by atoms with Crippen LogP contribution >= 0.6 is 11.5 Å². The molecule has 0 fully saturated rings. The highest BCUT2D eigenvalue weighted by molar-refractivity contribution is 7.09. The van der Waals surface area contributed by atoms with E-state index in [1.807, 2.05) is 31.3 Å². The number of hydrogen-bond donors (Lipinski definition) is 1. The molecule has 2 aromatic heterocycles. The predicted molar refractivity (Wildman–Crippen MR) is 109 cm³/mol. The van der Waals surface area contributed by atoms with Crippen LogP contribution < -0.4 is 5.32 Å². The van der Waals surface area contributed by atoms with Gasteiger partial charge in [-0.05, 0) is 41.2 Å². The fraction of sp³-hybridized carbons (Fsp3) is 0.190. The Morgan fingerprint density at radius 2 is 1.89 bits per heavy atom. The van der Waals surface area contributed by atoms with Crippen LogP contribution in [-0.2, 0) is 20.0 Å². The van der Waals surface area contributed by atoms with Crippen LogP contribution in [0.25, 0.3) is 21.5 Å². The Hall–Kier alpha value is -2.99. The van der Waals surface area contributed by atoms with Gasteiger partial charge in [-0.15, -0.1) is 0 Å². The van der Waals surface area contributed by atoms with Gasteiger partial charge >= 0.3 is 0 Å². The topological polar surface area (TPSA) is 59.8 Å². The molecule has 0 aliphatic carbocycles. The molecule has 0 spiro atoms. The summed E-state index contributed by atoms with van der Waals surface area (Å²) in [5.41, 5.74) is 4.70. The maximum Gasteiger partial charge on any atom is 0.253 e. The molecule has 6 heteroatoms. The predicted octanol–water partition coefficient (Wildman–Crippen LogP) is 4.19. The van der Waals surface area contributed by atoms with E-state index in [4.69, 9.17) is 0 Å². The monoisotopic (exact) mass is 376 g/mol. The van der Waals surface area contributed by atoms with Crippen molar-refractivity contribution >= 4 is 28.3 Å². The minimum atomic E-state index is -0.0981. The number of aromatic nitrogens is 3. The second kappa shape index (κ2) is 7.32. The molecule has 0 aliphatic rings. The molecule has 136 valence electrons. The number of para-hydroxylation sites is 1. The van der Waals surface area contributed by atoms with Crippen molar-refractivity contribution in [2.45, 2.75) is 19.9 Å². The normalized spacial score (nSPS) is 11.0. The number of benzene rings is 2. The van der Waals surface area contributed by atoms with E-state index in [0.717, 1.165) is 33.5 Å². The summed E-state index contributed by atoms with van der Waals surface area (Å²) in [5, 5.41) is 8.61. The Kier molecular flexibility index (Phi) is 4.73. The second-order valence-electron chi connectivity index (χ2n) is 6.40. The molecule has 4 rings (SSSR count). The first-order chi connectivity index (χ1) is 13.2. The van der Waals surface area contributed by atoms with E-state index < -0.39 is 0 Å². The maximum atomic E-state index is 12.8. The summed E-state index contributed by atoms with van der Waals surface area (Å²) in [6, 6.07) is 16.0. The average molecular weight is 376 g/mol. The number of amides is 1. The second-order valence-corrected chi connectivity index (χ2v) is 7.24. The van der Waals surface area contributed by atoms with Gasteiger partial charge in [-0.1, -0.05) is 43.3 Å². The molecule has 4 aromatic rings. The van der Waals surface area contributed by atoms with Gasteiger partial charge in [-0.3, -0.25) is 9.48 Å². The van der Waals surface area contributed by atoms with Gasteiger partial charge in [0, 0.05) is 25.2 Å². The van der Waals surface area contributed by atoms with Gasteiger partial charge in [0.25, 0.3) is 5.91 Å². The summed E-state index contributed by atoms with van der Waals surface area (Å²) >= 11 is 1.40. The molecule has 0 saturated carbocycles. The summed E-state index contributed by atoms with van der Waals surface area (Å²) in [5.74, 6) is -0.0981. The van der Waals surface area contributed by atoms with Crippen LogP contribution in [0.5, 0.6) is 0 Å². The number of aryl methyl sites for hydroxylation is 2. The number of carbonyl (C=O) groups excluding carboxylic acids is 1. The Bertz CT molecular complexity index is 1080. The van der Waals surface area contributed by atoms with Crippen molar-refractivity contribution in [2.24, 2.45) is 7.05 Å². The van der Waals surface area contributed by atoms with E-state index in [2.05, 4.69) is 46.0 Å². The van der Waals surface area contributed by atoms with E-state index >= 15 is 0 Å². The summed E-state index contributed by atoms with van der Waals surface area (Å²) in [6.45, 7) is 2.63. The van der Waals surface area contributed by atoms with Crippen LogP contribution in [0.15, 0.2) is 54.7 Å². The highest BCUT2D eigenvalue weighted by Crippen LogP contribution is 2.31. The van der Waals surface area contributed by atoms with Gasteiger partial charge in [0.1, 0.15) is 5.69 Å². The summed E-state index contributed by atoms with van der Waals surface area (Å²) in [6.07, 6.45) is 2.78. The Morgan fingerprint density at radius 3 is 2.59 bits per heavy atom. The van der Waals surface area contributed by atoms with Crippen molar-refractivity contribution in [1.29, 1.82) is 0 Å². The molecule has 2 aromatic carbocycles. The smallest absolute Gasteiger partial charge is 0.253 e. The number of fused-ring (bicyclic) bond motifs is 1. The number of rotatable bonds is 5. The molecule has 0 bridgehead atoms. The molecule has 0 saturated heterocycles. The molecule has 0 aliphatic heterocycles. The zero-order chi connectivity index (χ0) is 18.8. The van der Waals surface area contributed by atoms with Crippen molar-refractivity contribution in [3.05, 3.63) is 71.4 Å². The molecule has 1 N–H and O–H groups in total. The zero-order valence-electron chi connectivity index (χ0n) is 15.3. The van der Waals surface area contributed by atoms with Crippen molar-refractivity contribution < 1.29 is 4.79 Å². The molecular weight excluding hydrogens is 356 g/mol. The molecule has 5 nitrogen and oxygen atoms in total. The van der Waals surface area contributed by atoms with E-state index in [1.54, 1.807) is 10.9 Å². The fourth-order valence-corrected chi connectivity index (χ4v) is 3.80. The zero-order valence-corrected chi connectivity index (χ0v) is 16.1. The third-order valence-corrected chi connectivity index (χ3v) is 5.42. The molecule has 2 heterocycles. The molecule has 0 atom stereocenters. The Balaban J connectivity index is 1.62. The van der Waals surface area contributed by atoms with E-state index in [-0.39, 0.29) is 5.91 Å². The number of carbonyl (C=O) groups is 1. The average Bonchev–Trinajstić information content (AvgIpc) is 3.34. The SMILES string of the molecule is CCc1ccc(CNC(=O)c2cccc3c(-c4ccns4)nn(C)c23)cc1. The number of hydrogen-bond acceptors (Lipinski definition) is 4. The van der Waals surface area contributed by atoms with Crippen LogP contribution in [0.4, 0.5) is 0 Å². The standard InChI is InChI=1S/C21H20N4OS/c1-3-14-7-9-15(10-8-14)13-22-21(26)17-6-4-5-16-19(18-11-12-23-27-18)24-25(2)20(16)17/h4-12H,3,13H2,1-2H3,(H,22,26). The Labute approximate surface area is 161 Å². The summed E-state index contributed by atoms with van der Waals surface area (Å²) in [7, 11) is 1.87. The van der Waals surface area contributed by atoms with Crippen molar-refractivity contribution in [3.8, 4) is 10.6 Å². The van der Waals surface area contributed by atoms with Gasteiger partial charge in [0.05, 0.1) is 16.0 Å². The minimum absolute atomic E-state index is 0.0981. The van der Waals surface area contributed by atoms with Crippen molar-refractivity contribution in [1.82, 2.24) is 19.5 Å². The maximum absolute atomic E-state index is 12.8. The van der Waals surface area contributed by atoms with Crippen LogP contribution in [0.2, 0.25) is 0 Å². The van der Waals surface area contributed by atoms with Crippen LogP contribution in [0.1, 0.15) is 28.4 Å². The summed E-state index contributed by atoms with van der Waals surface area (Å²) < 4.78 is 5.93. The lowest BCUT2D eigenvalue weighted by molar-refractivity contribution is 0.0952. The summed E-state index contributed by atoms with van der Waals surface area (Å²) in [4.78, 5) is 13.8. The van der Waals surface area contributed by atoms with Crippen LogP contribution in [0, 0.1) is 0 Å². The lowest BCUT2D eigenvalue weighted by Gasteiger charge is -2.08. The molecule has 1 amide bonds. The van der Waals surface area contributed by atoms with Gasteiger partial charge in [-0.2, -0.15) is 5.10 Å². The first-order valence-corrected chi connectivity index (χ1v) is 9.67. The number of nitrogens with zero attached hydrogens (tertiary/aromatic N) is 3. The van der Waals surface area contributed by atoms with Gasteiger partial charge in [0.2, 0.25) is 0 Å². The number of nitrogens with one attached hydrogen (secondary N) is 1. The lowest BCUT2D eigenvalue weighted by atomic mass is 10.1. The Morgan fingerprint density at radius 1 is 1.11 bits per heavy atom. The quantitative estimate of drug-likeness (QED) is 0.568. The third-order valence-electron chi connectivity index (χ3n) is 4.66. The van der Waals surface area contributed by atoms with Crippen molar-refractivity contribution in [3.63, 3.8) is 0 Å². The van der Waals surface area contributed by atoms with Crippen LogP contribution in [0.3, 0.4) is 0 Å². The minimum Gasteiger partial charge on any atom is -0.348 e. The third kappa shape index (κ3) is 3.36.